The fraction of sp³-hybridized carbons (Fsp3) is 0.333. The van der Waals surface area contributed by atoms with Gasteiger partial charge in [-0.25, -0.2) is 4.98 Å². The second kappa shape index (κ2) is 7.20. The van der Waals surface area contributed by atoms with Crippen molar-refractivity contribution in [2.45, 2.75) is 20.8 Å². The summed E-state index contributed by atoms with van der Waals surface area (Å²) in [6.07, 6.45) is 3.28. The van der Waals surface area contributed by atoms with Crippen molar-refractivity contribution < 1.29 is 4.79 Å². The first-order valence-corrected chi connectivity index (χ1v) is 9.49. The van der Waals surface area contributed by atoms with E-state index in [4.69, 9.17) is 12.2 Å². The molecule has 136 valence electrons. The lowest BCUT2D eigenvalue weighted by Gasteiger charge is -2.13. The first kappa shape index (κ1) is 18.6. The fourth-order valence-electron chi connectivity index (χ4n) is 2.55. The number of fused-ring (bicyclic) bond motifs is 1. The van der Waals surface area contributed by atoms with Crippen molar-refractivity contribution in [1.29, 1.82) is 0 Å². The number of likely N-dealkylation sites (N-methyl/N-ethyl adjacent to an activating group) is 1. The molecule has 3 rings (SSSR count). The van der Waals surface area contributed by atoms with E-state index in [0.717, 1.165) is 5.56 Å². The molecule has 1 amide bonds. The van der Waals surface area contributed by atoms with E-state index in [1.165, 1.54) is 21.1 Å². The number of carbonyl (C=O) groups excluding carboxylic acids is 1. The number of nitrogens with zero attached hydrogens (tertiary/aromatic N) is 3. The van der Waals surface area contributed by atoms with Crippen LogP contribution in [0.5, 0.6) is 0 Å². The molecule has 2 aromatic rings. The Morgan fingerprint density at radius 1 is 1.38 bits per heavy atom. The third-order valence-electron chi connectivity index (χ3n) is 4.02. The van der Waals surface area contributed by atoms with Crippen LogP contribution < -0.4 is 10.9 Å². The molecule has 1 aliphatic rings. The molecular formula is C18H20N4O2S2. The maximum Gasteiger partial charge on any atom is 0.267 e. The smallest absolute Gasteiger partial charge is 0.267 e. The van der Waals surface area contributed by atoms with Crippen LogP contribution in [0, 0.1) is 12.8 Å². The fourth-order valence-corrected chi connectivity index (χ4v) is 3.72. The van der Waals surface area contributed by atoms with Crippen LogP contribution in [0.25, 0.3) is 11.7 Å². The molecule has 0 bridgehead atoms. The minimum absolute atomic E-state index is 0.205. The van der Waals surface area contributed by atoms with Gasteiger partial charge in [0, 0.05) is 19.8 Å². The normalized spacial score (nSPS) is 16.3. The molecule has 2 aromatic heterocycles. The Kier molecular flexibility index (Phi) is 5.15. The van der Waals surface area contributed by atoms with Gasteiger partial charge in [0.05, 0.1) is 10.5 Å². The Balaban J connectivity index is 2.20. The lowest BCUT2D eigenvalue weighted by atomic mass is 10.2. The molecule has 1 aliphatic heterocycles. The predicted molar refractivity (Wildman–Crippen MR) is 110 cm³/mol. The Hall–Kier alpha value is -2.19. The number of amides is 1. The quantitative estimate of drug-likeness (QED) is 0.642. The number of carbonyl (C=O) groups is 1. The molecule has 6 nitrogen and oxygen atoms in total. The highest BCUT2D eigenvalue weighted by atomic mass is 32.2. The van der Waals surface area contributed by atoms with Crippen molar-refractivity contribution >= 4 is 51.7 Å². The molecule has 1 saturated heterocycles. The van der Waals surface area contributed by atoms with Crippen molar-refractivity contribution in [2.75, 3.05) is 18.9 Å². The zero-order chi connectivity index (χ0) is 19.0. The van der Waals surface area contributed by atoms with Crippen molar-refractivity contribution in [3.63, 3.8) is 0 Å². The number of aromatic nitrogens is 2. The second-order valence-corrected chi connectivity index (χ2v) is 8.26. The van der Waals surface area contributed by atoms with E-state index in [1.807, 2.05) is 19.1 Å². The minimum Gasteiger partial charge on any atom is -0.369 e. The number of thioether (sulfide) groups is 1. The molecule has 0 saturated carbocycles. The number of aryl methyl sites for hydroxylation is 1. The number of anilines is 1. The van der Waals surface area contributed by atoms with Crippen LogP contribution in [0.3, 0.4) is 0 Å². The van der Waals surface area contributed by atoms with Crippen LogP contribution in [0.15, 0.2) is 28.0 Å². The summed E-state index contributed by atoms with van der Waals surface area (Å²) < 4.78 is 1.98. The molecule has 8 heteroatoms. The third-order valence-corrected chi connectivity index (χ3v) is 5.51. The summed E-state index contributed by atoms with van der Waals surface area (Å²) in [6.45, 7) is 6.74. The average Bonchev–Trinajstić information content (AvgIpc) is 2.83. The highest BCUT2D eigenvalue weighted by Crippen LogP contribution is 2.31. The van der Waals surface area contributed by atoms with Gasteiger partial charge in [-0.05, 0) is 30.5 Å². The van der Waals surface area contributed by atoms with Crippen molar-refractivity contribution in [1.82, 2.24) is 14.3 Å². The summed E-state index contributed by atoms with van der Waals surface area (Å²) in [5.74, 6) is 0.664. The molecule has 26 heavy (non-hydrogen) atoms. The summed E-state index contributed by atoms with van der Waals surface area (Å²) in [5, 5.41) is 3.25. The molecule has 0 aliphatic carbocycles. The highest BCUT2D eigenvalue weighted by Gasteiger charge is 2.29. The van der Waals surface area contributed by atoms with E-state index in [-0.39, 0.29) is 11.5 Å². The Bertz CT molecular complexity index is 995. The van der Waals surface area contributed by atoms with Crippen LogP contribution in [0.4, 0.5) is 5.82 Å². The molecule has 0 atom stereocenters. The van der Waals surface area contributed by atoms with Crippen molar-refractivity contribution in [2.24, 2.45) is 5.92 Å². The molecule has 1 fully saturated rings. The van der Waals surface area contributed by atoms with Crippen LogP contribution in [-0.2, 0) is 4.79 Å². The van der Waals surface area contributed by atoms with Crippen molar-refractivity contribution in [3.8, 4) is 0 Å². The predicted octanol–water partition coefficient (Wildman–Crippen LogP) is 2.90. The summed E-state index contributed by atoms with van der Waals surface area (Å²) in [4.78, 5) is 31.9. The van der Waals surface area contributed by atoms with Crippen LogP contribution >= 0.6 is 24.0 Å². The summed E-state index contributed by atoms with van der Waals surface area (Å²) in [5.41, 5.74) is 1.65. The molecule has 1 N–H and O–H groups in total. The number of hydrogen-bond donors (Lipinski definition) is 1. The summed E-state index contributed by atoms with van der Waals surface area (Å²) in [7, 11) is 1.63. The number of pyridine rings is 1. The van der Waals surface area contributed by atoms with Gasteiger partial charge in [-0.15, -0.1) is 0 Å². The zero-order valence-corrected chi connectivity index (χ0v) is 16.7. The number of hydrogen-bond acceptors (Lipinski definition) is 6. The van der Waals surface area contributed by atoms with E-state index < -0.39 is 0 Å². The van der Waals surface area contributed by atoms with E-state index >= 15 is 0 Å². The van der Waals surface area contributed by atoms with Gasteiger partial charge in [0.1, 0.15) is 15.8 Å². The van der Waals surface area contributed by atoms with Crippen LogP contribution in [0.1, 0.15) is 25.0 Å². The van der Waals surface area contributed by atoms with Gasteiger partial charge in [0.15, 0.2) is 0 Å². The lowest BCUT2D eigenvalue weighted by molar-refractivity contribution is -0.121. The molecule has 3 heterocycles. The first-order chi connectivity index (χ1) is 12.3. The molecule has 0 aromatic carbocycles. The molecule has 0 radical (unpaired) electrons. The van der Waals surface area contributed by atoms with Gasteiger partial charge < -0.3 is 5.32 Å². The van der Waals surface area contributed by atoms with Gasteiger partial charge in [0.25, 0.3) is 11.5 Å². The second-order valence-electron chi connectivity index (χ2n) is 6.58. The Morgan fingerprint density at radius 3 is 2.73 bits per heavy atom. The first-order valence-electron chi connectivity index (χ1n) is 8.27. The molecular weight excluding hydrogens is 368 g/mol. The minimum atomic E-state index is -0.216. The molecule has 0 spiro atoms. The average molecular weight is 389 g/mol. The van der Waals surface area contributed by atoms with Gasteiger partial charge in [-0.3, -0.25) is 18.9 Å². The number of nitrogens with one attached hydrogen (secondary N) is 1. The van der Waals surface area contributed by atoms with E-state index in [2.05, 4.69) is 24.1 Å². The maximum absolute atomic E-state index is 13.1. The van der Waals surface area contributed by atoms with Gasteiger partial charge in [-0.2, -0.15) is 0 Å². The largest absolute Gasteiger partial charge is 0.369 e. The summed E-state index contributed by atoms with van der Waals surface area (Å²) in [6, 6.07) is 3.72. The third kappa shape index (κ3) is 3.39. The Labute approximate surface area is 161 Å². The van der Waals surface area contributed by atoms with Crippen LogP contribution in [0.2, 0.25) is 0 Å². The lowest BCUT2D eigenvalue weighted by Crippen LogP contribution is -2.24. The SMILES string of the molecule is Cc1cccn2c(=O)c(/C=C3\SC(=S)N(C)C3=O)c(NCC(C)C)nc12. The van der Waals surface area contributed by atoms with Gasteiger partial charge in [0.2, 0.25) is 0 Å². The monoisotopic (exact) mass is 388 g/mol. The Morgan fingerprint density at radius 2 is 2.12 bits per heavy atom. The highest BCUT2D eigenvalue weighted by molar-refractivity contribution is 8.26. The maximum atomic E-state index is 13.1. The van der Waals surface area contributed by atoms with E-state index in [9.17, 15) is 9.59 Å². The van der Waals surface area contributed by atoms with Crippen molar-refractivity contribution in [3.05, 3.63) is 44.7 Å². The van der Waals surface area contributed by atoms with E-state index in [1.54, 1.807) is 19.3 Å². The number of rotatable bonds is 4. The zero-order valence-electron chi connectivity index (χ0n) is 15.1. The molecule has 0 unspecified atom stereocenters. The standard InChI is InChI=1S/C18H20N4O2S2/c1-10(2)9-19-14-12(8-13-17(24)21(4)18(25)26-13)16(23)22-7-5-6-11(3)15(22)20-14/h5-8,10,19H,9H2,1-4H3/b13-8-. The summed E-state index contributed by atoms with van der Waals surface area (Å²) >= 11 is 6.36. The topological polar surface area (TPSA) is 66.7 Å². The van der Waals surface area contributed by atoms with Crippen LogP contribution in [-0.4, -0.2) is 38.1 Å². The van der Waals surface area contributed by atoms with Gasteiger partial charge in [-0.1, -0.05) is 43.9 Å². The van der Waals surface area contributed by atoms with Gasteiger partial charge >= 0.3 is 0 Å². The number of thiocarbonyl (C=S) groups is 1. The van der Waals surface area contributed by atoms with E-state index in [0.29, 0.717) is 38.7 Å².